The van der Waals surface area contributed by atoms with Gasteiger partial charge >= 0.3 is 0 Å². The molecular formula is C27H36Br2N2O3. The van der Waals surface area contributed by atoms with Crippen molar-refractivity contribution in [2.75, 3.05) is 10.2 Å². The van der Waals surface area contributed by atoms with Crippen LogP contribution in [0.15, 0.2) is 24.3 Å². The maximum atomic E-state index is 13.2. The van der Waals surface area contributed by atoms with Crippen LogP contribution in [0.3, 0.4) is 0 Å². The molecule has 1 N–H and O–H groups in total. The van der Waals surface area contributed by atoms with Crippen molar-refractivity contribution >= 4 is 61.0 Å². The van der Waals surface area contributed by atoms with E-state index in [1.54, 1.807) is 24.3 Å². The van der Waals surface area contributed by atoms with E-state index in [4.69, 9.17) is 0 Å². The van der Waals surface area contributed by atoms with Gasteiger partial charge in [0.2, 0.25) is 17.7 Å². The van der Waals surface area contributed by atoms with E-state index in [0.717, 1.165) is 19.3 Å². The minimum atomic E-state index is -0.216. The lowest BCUT2D eigenvalue weighted by Gasteiger charge is -2.28. The maximum absolute atomic E-state index is 13.2. The summed E-state index contributed by atoms with van der Waals surface area (Å²) >= 11 is 7.45. The molecular weight excluding hydrogens is 560 g/mol. The number of anilines is 2. The molecule has 7 heteroatoms. The van der Waals surface area contributed by atoms with E-state index in [-0.39, 0.29) is 51.0 Å². The predicted molar refractivity (Wildman–Crippen MR) is 143 cm³/mol. The van der Waals surface area contributed by atoms with E-state index in [9.17, 15) is 14.4 Å². The minimum Gasteiger partial charge on any atom is -0.326 e. The Morgan fingerprint density at radius 1 is 0.853 bits per heavy atom. The Bertz CT molecular complexity index is 858. The highest BCUT2D eigenvalue weighted by Gasteiger charge is 2.66. The molecule has 3 fully saturated rings. The van der Waals surface area contributed by atoms with Crippen LogP contribution in [0.4, 0.5) is 11.4 Å². The highest BCUT2D eigenvalue weighted by molar-refractivity contribution is 9.12. The van der Waals surface area contributed by atoms with Gasteiger partial charge in [0.25, 0.3) is 0 Å². The molecule has 0 unspecified atom stereocenters. The lowest BCUT2D eigenvalue weighted by atomic mass is 9.81. The normalized spacial score (nSPS) is 29.7. The average molecular weight is 596 g/mol. The molecule has 1 heterocycles. The van der Waals surface area contributed by atoms with E-state index in [1.165, 1.54) is 49.8 Å². The quantitative estimate of drug-likeness (QED) is 0.164. The molecule has 5 nitrogen and oxygen atoms in total. The molecule has 0 spiro atoms. The van der Waals surface area contributed by atoms with Crippen molar-refractivity contribution in [1.82, 2.24) is 0 Å². The standard InChI is InChI=1S/C27H36Br2N2O3/c1-2-3-4-5-6-7-8-9-10-11-21(32)30-17-12-14-18(15-13-17)31-26(33)22-19-16-20(23(22)27(31)34)25(29)24(19)28/h12-15,19-20,22-25H,2-11,16H2,1H3,(H,30,32)/t19-,20-,22-,23-,24+,25+/m1/s1. The Balaban J connectivity index is 1.22. The van der Waals surface area contributed by atoms with Gasteiger partial charge in [-0.3, -0.25) is 19.3 Å². The van der Waals surface area contributed by atoms with Gasteiger partial charge < -0.3 is 5.32 Å². The van der Waals surface area contributed by atoms with E-state index >= 15 is 0 Å². The Labute approximate surface area is 220 Å². The van der Waals surface area contributed by atoms with Crippen molar-refractivity contribution in [3.63, 3.8) is 0 Å². The number of carbonyl (C=O) groups excluding carboxylic acids is 3. The zero-order valence-corrected chi connectivity index (χ0v) is 23.2. The fourth-order valence-corrected chi connectivity index (χ4v) is 7.99. The van der Waals surface area contributed by atoms with Gasteiger partial charge in [0.1, 0.15) is 0 Å². The summed E-state index contributed by atoms with van der Waals surface area (Å²) in [4.78, 5) is 40.5. The lowest BCUT2D eigenvalue weighted by molar-refractivity contribution is -0.123. The Hall–Kier alpha value is -1.21. The van der Waals surface area contributed by atoms with Gasteiger partial charge in [-0.2, -0.15) is 0 Å². The van der Waals surface area contributed by atoms with E-state index < -0.39 is 0 Å². The number of halogens is 2. The number of fused-ring (bicyclic) bond motifs is 5. The molecule has 2 bridgehead atoms. The molecule has 186 valence electrons. The second-order valence-electron chi connectivity index (χ2n) is 10.2. The van der Waals surface area contributed by atoms with Crippen LogP contribution in [0, 0.1) is 23.7 Å². The fourth-order valence-electron chi connectivity index (χ4n) is 6.12. The molecule has 1 aliphatic heterocycles. The van der Waals surface area contributed by atoms with Crippen molar-refractivity contribution in [3.8, 4) is 0 Å². The smallest absolute Gasteiger partial charge is 0.238 e. The summed E-state index contributed by atoms with van der Waals surface area (Å²) < 4.78 is 0. The second kappa shape index (κ2) is 11.7. The number of nitrogens with one attached hydrogen (secondary N) is 1. The Morgan fingerprint density at radius 2 is 1.35 bits per heavy atom. The first kappa shape index (κ1) is 25.9. The zero-order chi connectivity index (χ0) is 24.2. The number of hydrogen-bond acceptors (Lipinski definition) is 3. The first-order valence-corrected chi connectivity index (χ1v) is 14.8. The molecule has 2 saturated carbocycles. The summed E-state index contributed by atoms with van der Waals surface area (Å²) in [6, 6.07) is 7.11. The Kier molecular flexibility index (Phi) is 8.89. The highest BCUT2D eigenvalue weighted by atomic mass is 79.9. The van der Waals surface area contributed by atoms with Gasteiger partial charge in [0, 0.05) is 21.8 Å². The third-order valence-electron chi connectivity index (χ3n) is 7.90. The van der Waals surface area contributed by atoms with E-state index in [0.29, 0.717) is 17.8 Å². The Morgan fingerprint density at radius 3 is 1.88 bits per heavy atom. The number of carbonyl (C=O) groups is 3. The highest BCUT2D eigenvalue weighted by Crippen LogP contribution is 2.60. The summed E-state index contributed by atoms with van der Waals surface area (Å²) in [7, 11) is 0. The van der Waals surface area contributed by atoms with E-state index in [1.807, 2.05) is 0 Å². The second-order valence-corrected chi connectivity index (χ2v) is 12.3. The summed E-state index contributed by atoms with van der Waals surface area (Å²) in [6.45, 7) is 2.24. The first-order valence-electron chi connectivity index (χ1n) is 13.0. The van der Waals surface area contributed by atoms with Gasteiger partial charge in [0.05, 0.1) is 17.5 Å². The van der Waals surface area contributed by atoms with Crippen LogP contribution in [0.1, 0.15) is 77.6 Å². The fraction of sp³-hybridized carbons (Fsp3) is 0.667. The predicted octanol–water partition coefficient (Wildman–Crippen LogP) is 6.83. The zero-order valence-electron chi connectivity index (χ0n) is 20.0. The van der Waals surface area contributed by atoms with Crippen molar-refractivity contribution in [1.29, 1.82) is 0 Å². The van der Waals surface area contributed by atoms with Crippen LogP contribution in [-0.4, -0.2) is 27.4 Å². The molecule has 6 atom stereocenters. The molecule has 0 aromatic heterocycles. The summed E-state index contributed by atoms with van der Waals surface area (Å²) in [5.41, 5.74) is 1.29. The van der Waals surface area contributed by atoms with Gasteiger partial charge in [0.15, 0.2) is 0 Å². The number of unbranched alkanes of at least 4 members (excludes halogenated alkanes) is 8. The number of amides is 3. The van der Waals surface area contributed by atoms with Crippen molar-refractivity contribution in [3.05, 3.63) is 24.3 Å². The SMILES string of the molecule is CCCCCCCCCCCC(=O)Nc1ccc(N2C(=O)[C@@H]3[C@H]4C[C@@H]([C@H](Br)[C@H]4Br)[C@H]3C2=O)cc1. The third-order valence-corrected chi connectivity index (χ3v) is 11.1. The minimum absolute atomic E-state index is 0.0156. The summed E-state index contributed by atoms with van der Waals surface area (Å²) in [6.07, 6.45) is 12.5. The summed E-state index contributed by atoms with van der Waals surface area (Å²) in [5, 5.41) is 2.94. The van der Waals surface area contributed by atoms with Gasteiger partial charge in [-0.05, 0) is 48.9 Å². The molecule has 0 radical (unpaired) electrons. The van der Waals surface area contributed by atoms with E-state index in [2.05, 4.69) is 44.1 Å². The van der Waals surface area contributed by atoms with Crippen LogP contribution in [0.2, 0.25) is 0 Å². The largest absolute Gasteiger partial charge is 0.326 e. The number of rotatable bonds is 12. The molecule has 1 aromatic rings. The van der Waals surface area contributed by atoms with Gasteiger partial charge in [-0.15, -0.1) is 0 Å². The van der Waals surface area contributed by atoms with Crippen molar-refractivity contribution in [2.24, 2.45) is 23.7 Å². The average Bonchev–Trinajstić information content (AvgIpc) is 3.43. The monoisotopic (exact) mass is 594 g/mol. The molecule has 1 saturated heterocycles. The van der Waals surface area contributed by atoms with Crippen LogP contribution >= 0.6 is 31.9 Å². The van der Waals surface area contributed by atoms with Gasteiger partial charge in [-0.25, -0.2) is 0 Å². The van der Waals surface area contributed by atoms with Crippen LogP contribution in [0.25, 0.3) is 0 Å². The van der Waals surface area contributed by atoms with Crippen LogP contribution in [-0.2, 0) is 14.4 Å². The van der Waals surface area contributed by atoms with Crippen molar-refractivity contribution < 1.29 is 14.4 Å². The number of hydrogen-bond donors (Lipinski definition) is 1. The number of nitrogens with zero attached hydrogens (tertiary/aromatic N) is 1. The third kappa shape index (κ3) is 5.30. The number of benzene rings is 1. The van der Waals surface area contributed by atoms with Crippen LogP contribution in [0.5, 0.6) is 0 Å². The lowest BCUT2D eigenvalue weighted by Crippen LogP contribution is -2.37. The topological polar surface area (TPSA) is 66.5 Å². The number of alkyl halides is 2. The molecule has 4 rings (SSSR count). The van der Waals surface area contributed by atoms with Crippen LogP contribution < -0.4 is 10.2 Å². The molecule has 2 aliphatic carbocycles. The first-order chi connectivity index (χ1) is 16.4. The number of imide groups is 1. The van der Waals surface area contributed by atoms with Gasteiger partial charge in [-0.1, -0.05) is 90.2 Å². The molecule has 3 amide bonds. The molecule has 34 heavy (non-hydrogen) atoms. The summed E-state index contributed by atoms with van der Waals surface area (Å²) in [5.74, 6) is -0.150. The molecule has 1 aromatic carbocycles. The maximum Gasteiger partial charge on any atom is 0.238 e. The molecule has 3 aliphatic rings. The van der Waals surface area contributed by atoms with Crippen molar-refractivity contribution in [2.45, 2.75) is 87.2 Å².